The number of hydrogen-bond acceptors (Lipinski definition) is 6. The summed E-state index contributed by atoms with van der Waals surface area (Å²) in [5.41, 5.74) is 0. The van der Waals surface area contributed by atoms with Gasteiger partial charge >= 0.3 is 0 Å². The third-order valence-corrected chi connectivity index (χ3v) is 4.39. The maximum absolute atomic E-state index is 11.4. The van der Waals surface area contributed by atoms with E-state index < -0.39 is 15.1 Å². The van der Waals surface area contributed by atoms with E-state index in [2.05, 4.69) is 22.4 Å². The highest BCUT2D eigenvalue weighted by Crippen LogP contribution is 2.18. The van der Waals surface area contributed by atoms with E-state index in [1.54, 1.807) is 6.92 Å². The third kappa shape index (κ3) is 4.06. The summed E-state index contributed by atoms with van der Waals surface area (Å²) in [7, 11) is -3.19. The minimum atomic E-state index is -3.19. The lowest BCUT2D eigenvalue weighted by Crippen LogP contribution is -2.30. The van der Waals surface area contributed by atoms with Gasteiger partial charge in [-0.1, -0.05) is 19.0 Å². The van der Waals surface area contributed by atoms with E-state index in [-0.39, 0.29) is 11.9 Å². The molecular formula is C11H21N3O3S. The molecule has 0 aliphatic rings. The fourth-order valence-electron chi connectivity index (χ4n) is 1.57. The number of aromatic nitrogens is 2. The van der Waals surface area contributed by atoms with E-state index in [0.29, 0.717) is 12.3 Å². The second-order valence-electron chi connectivity index (χ2n) is 4.39. The molecule has 0 radical (unpaired) electrons. The Balaban J connectivity index is 2.74. The summed E-state index contributed by atoms with van der Waals surface area (Å²) in [6.45, 7) is 6.54. The van der Waals surface area contributed by atoms with Crippen LogP contribution in [-0.2, 0) is 16.3 Å². The highest BCUT2D eigenvalue weighted by Gasteiger charge is 2.23. The van der Waals surface area contributed by atoms with Crippen molar-refractivity contribution in [1.82, 2.24) is 15.5 Å². The van der Waals surface area contributed by atoms with Crippen LogP contribution in [0, 0.1) is 0 Å². The molecule has 104 valence electrons. The van der Waals surface area contributed by atoms with Gasteiger partial charge in [-0.25, -0.2) is 8.42 Å². The van der Waals surface area contributed by atoms with Gasteiger partial charge in [0.25, 0.3) is 0 Å². The quantitative estimate of drug-likeness (QED) is 0.802. The number of likely N-dealkylation sites (N-methyl/N-ethyl adjacent to an activating group) is 1. The molecule has 0 aliphatic heterocycles. The SMILES string of the molecule is CCNC(CC)Cc1nc(C(C)S(C)(=O)=O)no1. The van der Waals surface area contributed by atoms with E-state index in [0.717, 1.165) is 13.0 Å². The third-order valence-electron chi connectivity index (χ3n) is 2.90. The van der Waals surface area contributed by atoms with Crippen LogP contribution in [0.1, 0.15) is 44.2 Å². The van der Waals surface area contributed by atoms with Gasteiger partial charge in [-0.05, 0) is 19.9 Å². The Morgan fingerprint density at radius 1 is 1.39 bits per heavy atom. The molecule has 0 aromatic carbocycles. The monoisotopic (exact) mass is 275 g/mol. The van der Waals surface area contributed by atoms with Crippen molar-refractivity contribution in [2.45, 2.75) is 44.9 Å². The Bertz CT molecular complexity index is 470. The molecule has 0 spiro atoms. The number of hydrogen-bond donors (Lipinski definition) is 1. The van der Waals surface area contributed by atoms with Crippen LogP contribution in [-0.4, -0.2) is 37.4 Å². The summed E-state index contributed by atoms with van der Waals surface area (Å²) in [4.78, 5) is 4.15. The molecule has 0 saturated carbocycles. The smallest absolute Gasteiger partial charge is 0.228 e. The van der Waals surface area contributed by atoms with Crippen LogP contribution in [0.2, 0.25) is 0 Å². The molecule has 0 bridgehead atoms. The number of rotatable bonds is 7. The molecule has 1 aromatic rings. The number of sulfone groups is 1. The molecule has 0 aliphatic carbocycles. The van der Waals surface area contributed by atoms with Gasteiger partial charge < -0.3 is 9.84 Å². The molecule has 0 fully saturated rings. The van der Waals surface area contributed by atoms with Gasteiger partial charge in [0.05, 0.1) is 0 Å². The van der Waals surface area contributed by atoms with Crippen molar-refractivity contribution < 1.29 is 12.9 Å². The molecule has 7 heteroatoms. The average molecular weight is 275 g/mol. The van der Waals surface area contributed by atoms with Crippen LogP contribution >= 0.6 is 0 Å². The first-order chi connectivity index (χ1) is 8.38. The zero-order chi connectivity index (χ0) is 13.8. The summed E-state index contributed by atoms with van der Waals surface area (Å²) >= 11 is 0. The predicted octanol–water partition coefficient (Wildman–Crippen LogP) is 1.11. The zero-order valence-corrected chi connectivity index (χ0v) is 12.1. The van der Waals surface area contributed by atoms with Crippen LogP contribution in [0.5, 0.6) is 0 Å². The van der Waals surface area contributed by atoms with Gasteiger partial charge in [0.2, 0.25) is 5.89 Å². The maximum atomic E-state index is 11.4. The van der Waals surface area contributed by atoms with Crippen molar-refractivity contribution in [2.75, 3.05) is 12.8 Å². The van der Waals surface area contributed by atoms with E-state index in [4.69, 9.17) is 4.52 Å². The Hall–Kier alpha value is -0.950. The maximum Gasteiger partial charge on any atom is 0.228 e. The highest BCUT2D eigenvalue weighted by molar-refractivity contribution is 7.90. The Morgan fingerprint density at radius 2 is 2.06 bits per heavy atom. The van der Waals surface area contributed by atoms with Gasteiger partial charge in [-0.3, -0.25) is 0 Å². The van der Waals surface area contributed by atoms with Crippen LogP contribution in [0.15, 0.2) is 4.52 Å². The Morgan fingerprint density at radius 3 is 2.56 bits per heavy atom. The van der Waals surface area contributed by atoms with Crippen molar-refractivity contribution in [1.29, 1.82) is 0 Å². The van der Waals surface area contributed by atoms with Crippen molar-refractivity contribution in [3.8, 4) is 0 Å². The molecule has 1 heterocycles. The highest BCUT2D eigenvalue weighted by atomic mass is 32.2. The second kappa shape index (κ2) is 6.29. The summed E-state index contributed by atoms with van der Waals surface area (Å²) in [6, 6.07) is 0.275. The van der Waals surface area contributed by atoms with E-state index in [1.165, 1.54) is 6.26 Å². The van der Waals surface area contributed by atoms with Crippen molar-refractivity contribution in [3.63, 3.8) is 0 Å². The van der Waals surface area contributed by atoms with Gasteiger partial charge in [0, 0.05) is 18.7 Å². The van der Waals surface area contributed by atoms with E-state index >= 15 is 0 Å². The van der Waals surface area contributed by atoms with Gasteiger partial charge in [0.1, 0.15) is 5.25 Å². The molecule has 6 nitrogen and oxygen atoms in total. The Labute approximate surface area is 108 Å². The minimum Gasteiger partial charge on any atom is -0.339 e. The molecule has 18 heavy (non-hydrogen) atoms. The predicted molar refractivity (Wildman–Crippen MR) is 69.0 cm³/mol. The molecule has 1 N–H and O–H groups in total. The van der Waals surface area contributed by atoms with Gasteiger partial charge in [0.15, 0.2) is 15.7 Å². The number of nitrogens with one attached hydrogen (secondary N) is 1. The molecule has 1 rings (SSSR count). The zero-order valence-electron chi connectivity index (χ0n) is 11.3. The van der Waals surface area contributed by atoms with Crippen LogP contribution in [0.3, 0.4) is 0 Å². The summed E-state index contributed by atoms with van der Waals surface area (Å²) < 4.78 is 27.9. The van der Waals surface area contributed by atoms with Gasteiger partial charge in [-0.15, -0.1) is 0 Å². The van der Waals surface area contributed by atoms with Crippen molar-refractivity contribution >= 4 is 9.84 Å². The van der Waals surface area contributed by atoms with Crippen LogP contribution in [0.4, 0.5) is 0 Å². The van der Waals surface area contributed by atoms with E-state index in [1.807, 2.05) is 6.92 Å². The first kappa shape index (κ1) is 15.1. The normalized spacial score (nSPS) is 15.6. The van der Waals surface area contributed by atoms with Crippen LogP contribution in [0.25, 0.3) is 0 Å². The largest absolute Gasteiger partial charge is 0.339 e. The molecule has 0 saturated heterocycles. The summed E-state index contributed by atoms with van der Waals surface area (Å²) in [6.07, 6.45) is 2.74. The summed E-state index contributed by atoms with van der Waals surface area (Å²) in [5, 5.41) is 6.31. The minimum absolute atomic E-state index is 0.235. The first-order valence-electron chi connectivity index (χ1n) is 6.13. The standard InChI is InChI=1S/C11H21N3O3S/c1-5-9(12-6-2)7-10-13-11(14-17-10)8(3)18(4,15)16/h8-9,12H,5-7H2,1-4H3. The summed E-state index contributed by atoms with van der Waals surface area (Å²) in [5.74, 6) is 0.715. The molecule has 0 amide bonds. The fourth-order valence-corrected chi connectivity index (χ4v) is 2.05. The molecule has 1 aromatic heterocycles. The lowest BCUT2D eigenvalue weighted by atomic mass is 10.1. The second-order valence-corrected chi connectivity index (χ2v) is 6.75. The topological polar surface area (TPSA) is 85.1 Å². The first-order valence-corrected chi connectivity index (χ1v) is 8.08. The number of nitrogens with zero attached hydrogens (tertiary/aromatic N) is 2. The Kier molecular flexibility index (Phi) is 5.28. The molecular weight excluding hydrogens is 254 g/mol. The molecule has 2 atom stereocenters. The van der Waals surface area contributed by atoms with E-state index in [9.17, 15) is 8.42 Å². The lowest BCUT2D eigenvalue weighted by Gasteiger charge is -2.12. The van der Waals surface area contributed by atoms with Crippen molar-refractivity contribution in [3.05, 3.63) is 11.7 Å². The van der Waals surface area contributed by atoms with Gasteiger partial charge in [-0.2, -0.15) is 4.98 Å². The fraction of sp³-hybridized carbons (Fsp3) is 0.818. The lowest BCUT2D eigenvalue weighted by molar-refractivity contribution is 0.351. The van der Waals surface area contributed by atoms with Crippen LogP contribution < -0.4 is 5.32 Å². The average Bonchev–Trinajstić information content (AvgIpc) is 2.74. The van der Waals surface area contributed by atoms with Crippen molar-refractivity contribution in [2.24, 2.45) is 0 Å². The molecule has 2 unspecified atom stereocenters.